The van der Waals surface area contributed by atoms with Crippen molar-refractivity contribution in [1.29, 1.82) is 0 Å². The summed E-state index contributed by atoms with van der Waals surface area (Å²) in [5.74, 6) is -0.834. The van der Waals surface area contributed by atoms with Crippen molar-refractivity contribution in [2.24, 2.45) is 0 Å². The summed E-state index contributed by atoms with van der Waals surface area (Å²) in [7, 11) is 0. The molecule has 1 unspecified atom stereocenters. The first-order valence-electron chi connectivity index (χ1n) is 10.6. The predicted octanol–water partition coefficient (Wildman–Crippen LogP) is 0.468. The van der Waals surface area contributed by atoms with Gasteiger partial charge < -0.3 is 31.1 Å². The molecule has 0 spiro atoms. The number of aliphatic hydroxyl groups excluding tert-OH is 1. The molecule has 4 fully saturated rings. The molecule has 1 aromatic carbocycles. The normalized spacial score (nSPS) is 32.4. The lowest BCUT2D eigenvalue weighted by atomic mass is 9.59. The van der Waals surface area contributed by atoms with Crippen LogP contribution in [0.25, 0.3) is 0 Å². The van der Waals surface area contributed by atoms with E-state index in [0.717, 1.165) is 19.2 Å². The van der Waals surface area contributed by atoms with Crippen LogP contribution >= 0.6 is 11.6 Å². The van der Waals surface area contributed by atoms with Gasteiger partial charge in [-0.15, -0.1) is 0 Å². The molecule has 0 aromatic heterocycles. The van der Waals surface area contributed by atoms with Crippen LogP contribution in [0.15, 0.2) is 18.2 Å². The summed E-state index contributed by atoms with van der Waals surface area (Å²) in [5, 5.41) is 23.3. The second-order valence-electron chi connectivity index (χ2n) is 8.77. The molecule has 3 aliphatic carbocycles. The number of aliphatic hydroxyl groups is 1. The molecule has 1 heterocycles. The van der Waals surface area contributed by atoms with Crippen molar-refractivity contribution in [3.63, 3.8) is 0 Å². The highest BCUT2D eigenvalue weighted by molar-refractivity contribution is 6.30. The highest BCUT2D eigenvalue weighted by atomic mass is 35.5. The van der Waals surface area contributed by atoms with Crippen LogP contribution < -0.4 is 26.0 Å². The highest BCUT2D eigenvalue weighted by Gasteiger charge is 2.55. The third-order valence-electron chi connectivity index (χ3n) is 6.72. The van der Waals surface area contributed by atoms with Crippen molar-refractivity contribution in [2.75, 3.05) is 26.2 Å². The van der Waals surface area contributed by atoms with Crippen molar-refractivity contribution in [1.82, 2.24) is 21.3 Å². The molecule has 170 valence electrons. The maximum Gasteiger partial charge on any atom is 0.258 e. The van der Waals surface area contributed by atoms with E-state index < -0.39 is 23.0 Å². The number of hydrogen-bond donors (Lipinski definition) is 5. The summed E-state index contributed by atoms with van der Waals surface area (Å²) in [5.41, 5.74) is -1.18. The van der Waals surface area contributed by atoms with Gasteiger partial charge in [0.2, 0.25) is 5.91 Å². The molecule has 0 radical (unpaired) electrons. The molecule has 3 saturated carbocycles. The summed E-state index contributed by atoms with van der Waals surface area (Å²) >= 11 is 5.65. The average molecular weight is 455 g/mol. The molecule has 8 nitrogen and oxygen atoms in total. The molecular weight excluding hydrogens is 427 g/mol. The van der Waals surface area contributed by atoms with Gasteiger partial charge >= 0.3 is 0 Å². The number of halogens is 2. The fraction of sp³-hybridized carbons (Fsp3) is 0.619. The number of piperazine rings is 1. The molecule has 1 saturated heterocycles. The van der Waals surface area contributed by atoms with Gasteiger partial charge in [-0.2, -0.15) is 0 Å². The van der Waals surface area contributed by atoms with Crippen molar-refractivity contribution in [2.45, 2.75) is 55.3 Å². The van der Waals surface area contributed by atoms with E-state index in [4.69, 9.17) is 16.3 Å². The minimum Gasteiger partial charge on any atom is -0.484 e. The number of ether oxygens (including phenoxy) is 1. The Balaban J connectivity index is 1.31. The Bertz CT molecular complexity index is 841. The molecule has 1 aromatic rings. The number of rotatable bonds is 6. The van der Waals surface area contributed by atoms with E-state index >= 15 is 0 Å². The minimum absolute atomic E-state index is 0.0137. The summed E-state index contributed by atoms with van der Waals surface area (Å²) in [6.07, 6.45) is 2.10. The number of amides is 2. The van der Waals surface area contributed by atoms with Gasteiger partial charge in [-0.25, -0.2) is 4.39 Å². The zero-order chi connectivity index (χ0) is 22.1. The van der Waals surface area contributed by atoms with E-state index in [1.165, 1.54) is 12.1 Å². The van der Waals surface area contributed by atoms with Crippen molar-refractivity contribution >= 4 is 23.4 Å². The lowest BCUT2D eigenvalue weighted by Gasteiger charge is -2.56. The third-order valence-corrected chi connectivity index (χ3v) is 7.02. The first-order valence-corrected chi connectivity index (χ1v) is 11.0. The summed E-state index contributed by atoms with van der Waals surface area (Å²) < 4.78 is 18.9. The molecule has 31 heavy (non-hydrogen) atoms. The number of carbonyl (C=O) groups is 2. The molecule has 10 heteroatoms. The zero-order valence-electron chi connectivity index (χ0n) is 17.2. The maximum absolute atomic E-state index is 13.5. The van der Waals surface area contributed by atoms with Gasteiger partial charge in [0.25, 0.3) is 5.91 Å². The minimum atomic E-state index is -0.748. The molecule has 2 bridgehead atoms. The standard InChI is InChI=1S/C21H28ClFN4O4/c22-14-2-1-13(9-15(14)23)31-12-18(29)26-20-3-5-21(6-4-20,17(28)10-20)27-19(30)16-11-24-7-8-25-16/h1-2,9,16-17,24-25,28H,3-8,10-12H2,(H,26,29)(H,27,30)/t16?,17-,20?,21?/m0/s1. The Kier molecular flexibility index (Phi) is 6.39. The first-order chi connectivity index (χ1) is 14.8. The van der Waals surface area contributed by atoms with Gasteiger partial charge in [-0.3, -0.25) is 9.59 Å². The number of fused-ring (bicyclic) bond motifs is 3. The van der Waals surface area contributed by atoms with Gasteiger partial charge in [0.15, 0.2) is 6.61 Å². The van der Waals surface area contributed by atoms with Crippen molar-refractivity contribution in [3.05, 3.63) is 29.0 Å². The van der Waals surface area contributed by atoms with E-state index in [1.54, 1.807) is 0 Å². The molecule has 4 aliphatic rings. The largest absolute Gasteiger partial charge is 0.484 e. The smallest absolute Gasteiger partial charge is 0.258 e. The molecule has 5 N–H and O–H groups in total. The average Bonchev–Trinajstić information content (AvgIpc) is 2.76. The van der Waals surface area contributed by atoms with E-state index in [9.17, 15) is 19.1 Å². The third kappa shape index (κ3) is 4.79. The Morgan fingerprint density at radius 3 is 2.65 bits per heavy atom. The summed E-state index contributed by atoms with van der Waals surface area (Å²) in [6, 6.07) is 3.69. The first kappa shape index (κ1) is 22.3. The quantitative estimate of drug-likeness (QED) is 0.427. The number of hydrogen-bond acceptors (Lipinski definition) is 6. The second kappa shape index (κ2) is 8.90. The van der Waals surface area contributed by atoms with Crippen molar-refractivity contribution < 1.29 is 23.8 Å². The SMILES string of the molecule is O=C(COc1ccc(Cl)c(F)c1)NC12CCC(NC(=O)C3CNCCN3)(CC1)[C@@H](O)C2. The Morgan fingerprint density at radius 1 is 1.23 bits per heavy atom. The lowest BCUT2D eigenvalue weighted by molar-refractivity contribution is -0.137. The van der Waals surface area contributed by atoms with Crippen LogP contribution in [0.3, 0.4) is 0 Å². The monoisotopic (exact) mass is 454 g/mol. The fourth-order valence-electron chi connectivity index (χ4n) is 4.88. The van der Waals surface area contributed by atoms with Gasteiger partial charge in [0, 0.05) is 31.2 Å². The van der Waals surface area contributed by atoms with Crippen LogP contribution in [0.1, 0.15) is 32.1 Å². The number of nitrogens with one attached hydrogen (secondary N) is 4. The Hall–Kier alpha value is -1.94. The fourth-order valence-corrected chi connectivity index (χ4v) is 5.00. The van der Waals surface area contributed by atoms with Gasteiger partial charge in [-0.1, -0.05) is 11.6 Å². The van der Waals surface area contributed by atoms with Gasteiger partial charge in [0.1, 0.15) is 11.6 Å². The van der Waals surface area contributed by atoms with Gasteiger partial charge in [-0.05, 0) is 44.2 Å². The van der Waals surface area contributed by atoms with Crippen LogP contribution in [0.5, 0.6) is 5.75 Å². The molecule has 1 aliphatic heterocycles. The Morgan fingerprint density at radius 2 is 2.00 bits per heavy atom. The maximum atomic E-state index is 13.5. The van der Waals surface area contributed by atoms with Crippen LogP contribution in [0.2, 0.25) is 5.02 Å². The predicted molar refractivity (Wildman–Crippen MR) is 112 cm³/mol. The topological polar surface area (TPSA) is 112 Å². The van der Waals surface area contributed by atoms with Crippen molar-refractivity contribution in [3.8, 4) is 5.75 Å². The van der Waals surface area contributed by atoms with E-state index in [1.807, 2.05) is 0 Å². The van der Waals surface area contributed by atoms with Crippen LogP contribution in [0.4, 0.5) is 4.39 Å². The lowest BCUT2D eigenvalue weighted by Crippen LogP contribution is -2.72. The molecule has 2 amide bonds. The summed E-state index contributed by atoms with van der Waals surface area (Å²) in [6.45, 7) is 1.86. The summed E-state index contributed by atoms with van der Waals surface area (Å²) in [4.78, 5) is 25.1. The number of carbonyl (C=O) groups excluding carboxylic acids is 2. The Labute approximate surface area is 185 Å². The van der Waals surface area contributed by atoms with Crippen LogP contribution in [0, 0.1) is 5.82 Å². The van der Waals surface area contributed by atoms with E-state index in [2.05, 4.69) is 21.3 Å². The molecule has 2 atom stereocenters. The highest BCUT2D eigenvalue weighted by Crippen LogP contribution is 2.47. The van der Waals surface area contributed by atoms with Gasteiger partial charge in [0.05, 0.1) is 22.7 Å². The van der Waals surface area contributed by atoms with Crippen LogP contribution in [-0.2, 0) is 9.59 Å². The number of benzene rings is 1. The second-order valence-corrected chi connectivity index (χ2v) is 9.18. The van der Waals surface area contributed by atoms with Crippen LogP contribution in [-0.4, -0.2) is 66.4 Å². The molecule has 5 rings (SSSR count). The van der Waals surface area contributed by atoms with E-state index in [0.29, 0.717) is 38.6 Å². The zero-order valence-corrected chi connectivity index (χ0v) is 17.9. The molecular formula is C21H28ClFN4O4. The van der Waals surface area contributed by atoms with E-state index in [-0.39, 0.29) is 35.2 Å².